The summed E-state index contributed by atoms with van der Waals surface area (Å²) in [4.78, 5) is 18.2. The van der Waals surface area contributed by atoms with E-state index in [1.54, 1.807) is 14.0 Å². The van der Waals surface area contributed by atoms with Crippen molar-refractivity contribution in [1.29, 1.82) is 0 Å². The lowest BCUT2D eigenvalue weighted by Gasteiger charge is -2.26. The van der Waals surface area contributed by atoms with Crippen LogP contribution >= 0.6 is 0 Å². The first kappa shape index (κ1) is 17.0. The number of carbonyl (C=O) groups is 1. The fraction of sp³-hybridized carbons (Fsp3) is 0.438. The number of hydrogen-bond acceptors (Lipinski definition) is 5. The van der Waals surface area contributed by atoms with Gasteiger partial charge in [-0.3, -0.25) is 4.79 Å². The van der Waals surface area contributed by atoms with Crippen molar-refractivity contribution in [3.05, 3.63) is 42.5 Å². The zero-order valence-electron chi connectivity index (χ0n) is 13.9. The van der Waals surface area contributed by atoms with Crippen LogP contribution in [-0.2, 0) is 4.79 Å². The predicted molar refractivity (Wildman–Crippen MR) is 87.2 cm³/mol. The molecule has 0 aliphatic heterocycles. The first-order valence-corrected chi connectivity index (χ1v) is 7.45. The highest BCUT2D eigenvalue weighted by molar-refractivity contribution is 5.79. The van der Waals surface area contributed by atoms with Crippen molar-refractivity contribution < 1.29 is 9.53 Å². The monoisotopic (exact) mass is 317 g/mol. The molecule has 0 fully saturated rings. The fourth-order valence-corrected chi connectivity index (χ4v) is 2.31. The number of nitrogens with zero attached hydrogens (tertiary/aromatic N) is 4. The van der Waals surface area contributed by atoms with E-state index in [1.807, 2.05) is 38.4 Å². The molecule has 0 aliphatic rings. The summed E-state index contributed by atoms with van der Waals surface area (Å²) in [6.07, 6.45) is 2.96. The van der Waals surface area contributed by atoms with Crippen LogP contribution in [0.2, 0.25) is 0 Å². The summed E-state index contributed by atoms with van der Waals surface area (Å²) in [5.74, 6) is 0.728. The van der Waals surface area contributed by atoms with Gasteiger partial charge in [0, 0.05) is 6.54 Å². The van der Waals surface area contributed by atoms with Crippen LogP contribution in [0.3, 0.4) is 0 Å². The Hall–Kier alpha value is -2.41. The van der Waals surface area contributed by atoms with E-state index in [9.17, 15) is 4.79 Å². The van der Waals surface area contributed by atoms with Gasteiger partial charge in [0.2, 0.25) is 5.91 Å². The van der Waals surface area contributed by atoms with Gasteiger partial charge in [0.05, 0.1) is 13.2 Å². The molecule has 2 aromatic rings. The summed E-state index contributed by atoms with van der Waals surface area (Å²) in [5, 5.41) is 6.98. The average Bonchev–Trinajstić information content (AvgIpc) is 3.08. The molecule has 0 radical (unpaired) electrons. The molecule has 7 nitrogen and oxygen atoms in total. The molecule has 1 heterocycles. The van der Waals surface area contributed by atoms with Crippen molar-refractivity contribution in [1.82, 2.24) is 25.0 Å². The molecule has 0 aliphatic carbocycles. The molecular weight excluding hydrogens is 294 g/mol. The molecule has 124 valence electrons. The average molecular weight is 317 g/mol. The summed E-state index contributed by atoms with van der Waals surface area (Å²) in [5.41, 5.74) is 1.12. The number of rotatable bonds is 7. The minimum atomic E-state index is -0.392. The highest BCUT2D eigenvalue weighted by atomic mass is 16.5. The Kier molecular flexibility index (Phi) is 5.70. The van der Waals surface area contributed by atoms with Crippen LogP contribution in [0, 0.1) is 0 Å². The van der Waals surface area contributed by atoms with Crippen molar-refractivity contribution in [3.8, 4) is 5.75 Å². The summed E-state index contributed by atoms with van der Waals surface area (Å²) >= 11 is 0. The van der Waals surface area contributed by atoms with Crippen molar-refractivity contribution >= 4 is 5.91 Å². The van der Waals surface area contributed by atoms with Crippen molar-refractivity contribution in [2.24, 2.45) is 0 Å². The third-order valence-electron chi connectivity index (χ3n) is 3.81. The Morgan fingerprint density at radius 1 is 1.35 bits per heavy atom. The SMILES string of the molecule is COc1ccc([C@H](CNC(=O)[C@H](C)n2cncn2)N(C)C)cc1. The summed E-state index contributed by atoms with van der Waals surface area (Å²) < 4.78 is 6.72. The van der Waals surface area contributed by atoms with E-state index in [2.05, 4.69) is 20.3 Å². The second-order valence-electron chi connectivity index (χ2n) is 5.55. The van der Waals surface area contributed by atoms with Gasteiger partial charge in [0.15, 0.2) is 0 Å². The van der Waals surface area contributed by atoms with Crippen LogP contribution in [0.15, 0.2) is 36.9 Å². The summed E-state index contributed by atoms with van der Waals surface area (Å²) in [6.45, 7) is 2.30. The van der Waals surface area contributed by atoms with Gasteiger partial charge in [-0.15, -0.1) is 0 Å². The molecule has 1 aromatic heterocycles. The number of ether oxygens (including phenoxy) is 1. The number of benzene rings is 1. The van der Waals surface area contributed by atoms with Crippen LogP contribution in [0.5, 0.6) is 5.75 Å². The number of amides is 1. The Morgan fingerprint density at radius 3 is 2.57 bits per heavy atom. The molecule has 0 saturated carbocycles. The second kappa shape index (κ2) is 7.73. The van der Waals surface area contributed by atoms with Gasteiger partial charge in [0.25, 0.3) is 0 Å². The fourth-order valence-electron chi connectivity index (χ4n) is 2.31. The minimum Gasteiger partial charge on any atom is -0.497 e. The van der Waals surface area contributed by atoms with E-state index in [0.717, 1.165) is 11.3 Å². The Bertz CT molecular complexity index is 610. The van der Waals surface area contributed by atoms with E-state index < -0.39 is 6.04 Å². The van der Waals surface area contributed by atoms with Crippen molar-refractivity contribution in [2.75, 3.05) is 27.7 Å². The molecule has 7 heteroatoms. The molecule has 0 unspecified atom stereocenters. The lowest BCUT2D eigenvalue weighted by Crippen LogP contribution is -2.37. The van der Waals surface area contributed by atoms with E-state index in [1.165, 1.54) is 17.3 Å². The number of aromatic nitrogens is 3. The molecule has 0 spiro atoms. The largest absolute Gasteiger partial charge is 0.497 e. The lowest BCUT2D eigenvalue weighted by atomic mass is 10.1. The van der Waals surface area contributed by atoms with Gasteiger partial charge in [-0.1, -0.05) is 12.1 Å². The first-order chi connectivity index (χ1) is 11.0. The Labute approximate surface area is 136 Å². The van der Waals surface area contributed by atoms with E-state index in [0.29, 0.717) is 6.54 Å². The second-order valence-corrected chi connectivity index (χ2v) is 5.55. The summed E-state index contributed by atoms with van der Waals surface area (Å²) in [6, 6.07) is 7.55. The maximum Gasteiger partial charge on any atom is 0.244 e. The molecule has 2 rings (SSSR count). The molecule has 1 aromatic carbocycles. The maximum absolute atomic E-state index is 12.3. The van der Waals surface area contributed by atoms with E-state index in [4.69, 9.17) is 4.74 Å². The Morgan fingerprint density at radius 2 is 2.04 bits per heavy atom. The van der Waals surface area contributed by atoms with Gasteiger partial charge >= 0.3 is 0 Å². The summed E-state index contributed by atoms with van der Waals surface area (Å²) in [7, 11) is 5.62. The maximum atomic E-state index is 12.3. The molecule has 23 heavy (non-hydrogen) atoms. The van der Waals surface area contributed by atoms with Crippen LogP contribution in [0.1, 0.15) is 24.6 Å². The third kappa shape index (κ3) is 4.29. The van der Waals surface area contributed by atoms with Crippen LogP contribution < -0.4 is 10.1 Å². The smallest absolute Gasteiger partial charge is 0.244 e. The number of nitrogens with one attached hydrogen (secondary N) is 1. The predicted octanol–water partition coefficient (Wildman–Crippen LogP) is 1.27. The van der Waals surface area contributed by atoms with Crippen LogP contribution in [0.25, 0.3) is 0 Å². The lowest BCUT2D eigenvalue weighted by molar-refractivity contribution is -0.124. The standard InChI is InChI=1S/C16H23N5O2/c1-12(21-11-17-10-19-21)16(22)18-9-15(20(2)3)13-5-7-14(23-4)8-6-13/h5-8,10-12,15H,9H2,1-4H3,(H,18,22)/t12-,15-/m0/s1. The van der Waals surface area contributed by atoms with Gasteiger partial charge in [-0.05, 0) is 38.7 Å². The molecule has 0 bridgehead atoms. The number of carbonyl (C=O) groups excluding carboxylic acids is 1. The Balaban J connectivity index is 2.00. The number of likely N-dealkylation sites (N-methyl/N-ethyl adjacent to an activating group) is 1. The van der Waals surface area contributed by atoms with Gasteiger partial charge < -0.3 is 15.0 Å². The minimum absolute atomic E-state index is 0.0767. The van der Waals surface area contributed by atoms with Crippen molar-refractivity contribution in [2.45, 2.75) is 19.0 Å². The normalized spacial score (nSPS) is 13.6. The zero-order chi connectivity index (χ0) is 16.8. The quantitative estimate of drug-likeness (QED) is 0.832. The molecule has 0 saturated heterocycles. The van der Waals surface area contributed by atoms with Crippen molar-refractivity contribution in [3.63, 3.8) is 0 Å². The number of methoxy groups -OCH3 is 1. The highest BCUT2D eigenvalue weighted by Crippen LogP contribution is 2.20. The molecule has 1 amide bonds. The topological polar surface area (TPSA) is 72.3 Å². The van der Waals surface area contributed by atoms with Gasteiger partial charge in [-0.2, -0.15) is 5.10 Å². The zero-order valence-corrected chi connectivity index (χ0v) is 13.9. The number of hydrogen-bond donors (Lipinski definition) is 1. The molecular formula is C16H23N5O2. The first-order valence-electron chi connectivity index (χ1n) is 7.45. The third-order valence-corrected chi connectivity index (χ3v) is 3.81. The van der Waals surface area contributed by atoms with Gasteiger partial charge in [0.1, 0.15) is 24.4 Å². The van der Waals surface area contributed by atoms with Crippen LogP contribution in [0.4, 0.5) is 0 Å². The van der Waals surface area contributed by atoms with Crippen LogP contribution in [-0.4, -0.2) is 53.3 Å². The van der Waals surface area contributed by atoms with E-state index >= 15 is 0 Å². The van der Waals surface area contributed by atoms with Gasteiger partial charge in [-0.25, -0.2) is 9.67 Å². The molecule has 1 N–H and O–H groups in total. The van der Waals surface area contributed by atoms with E-state index in [-0.39, 0.29) is 11.9 Å². The highest BCUT2D eigenvalue weighted by Gasteiger charge is 2.19. The molecule has 2 atom stereocenters.